The van der Waals surface area contributed by atoms with Crippen molar-refractivity contribution >= 4 is 34.1 Å². The van der Waals surface area contributed by atoms with E-state index in [1.807, 2.05) is 0 Å². The number of nitrogens with one attached hydrogen (secondary N) is 1. The molecule has 0 unspecified atom stereocenters. The molecule has 1 aromatic heterocycles. The quantitative estimate of drug-likeness (QED) is 0.398. The minimum absolute atomic E-state index is 0. The number of hydrogen-bond acceptors (Lipinski definition) is 5. The van der Waals surface area contributed by atoms with Gasteiger partial charge >= 0.3 is 0 Å². The Hall–Kier alpha value is -2.36. The molecule has 2 rings (SSSR count). The van der Waals surface area contributed by atoms with Crippen molar-refractivity contribution < 1.29 is 12.8 Å². The van der Waals surface area contributed by atoms with Crippen molar-refractivity contribution in [2.45, 2.75) is 18.4 Å². The Bertz CT molecular complexity index is 811. The topological polar surface area (TPSA) is 136 Å². The standard InChI is InChI=1S/C14H17N5O3S.ClH/c1-10(18-19-14(15)16)11-4-6-13(7-5-11)23(20,21)17-9-12-3-2-8-22-12;/h2-8,17H,9H2,1H3,(H4,15,16,19);1H. The first-order valence-electron chi connectivity index (χ1n) is 6.64. The first-order chi connectivity index (χ1) is 10.9. The number of halogens is 1. The number of benzene rings is 1. The van der Waals surface area contributed by atoms with Crippen LogP contribution in [-0.2, 0) is 16.6 Å². The molecule has 8 nitrogen and oxygen atoms in total. The van der Waals surface area contributed by atoms with Crippen LogP contribution in [0.5, 0.6) is 0 Å². The van der Waals surface area contributed by atoms with Crippen LogP contribution >= 0.6 is 12.4 Å². The van der Waals surface area contributed by atoms with Crippen LogP contribution in [0.15, 0.2) is 62.2 Å². The number of guanidine groups is 1. The molecular formula is C14H18ClN5O3S. The summed E-state index contributed by atoms with van der Waals surface area (Å²) in [7, 11) is -3.62. The number of nitrogens with two attached hydrogens (primary N) is 2. The molecule has 0 aliphatic rings. The van der Waals surface area contributed by atoms with Crippen molar-refractivity contribution in [3.05, 3.63) is 54.0 Å². The summed E-state index contributed by atoms with van der Waals surface area (Å²) in [6.07, 6.45) is 1.48. The van der Waals surface area contributed by atoms with Gasteiger partial charge in [-0.25, -0.2) is 13.1 Å². The second-order valence-corrected chi connectivity index (χ2v) is 6.41. The summed E-state index contributed by atoms with van der Waals surface area (Å²) in [5.41, 5.74) is 11.7. The largest absolute Gasteiger partial charge is 0.468 e. The molecule has 1 aromatic carbocycles. The zero-order valence-electron chi connectivity index (χ0n) is 12.8. The van der Waals surface area contributed by atoms with Crippen molar-refractivity contribution in [3.8, 4) is 0 Å². The van der Waals surface area contributed by atoms with Crippen LogP contribution in [0.3, 0.4) is 0 Å². The predicted molar refractivity (Wildman–Crippen MR) is 94.4 cm³/mol. The monoisotopic (exact) mass is 371 g/mol. The van der Waals surface area contributed by atoms with Crippen LogP contribution in [0.1, 0.15) is 18.2 Å². The van der Waals surface area contributed by atoms with Gasteiger partial charge in [-0.2, -0.15) is 5.10 Å². The molecule has 0 saturated heterocycles. The van der Waals surface area contributed by atoms with E-state index in [4.69, 9.17) is 15.9 Å². The van der Waals surface area contributed by atoms with Gasteiger partial charge in [0.05, 0.1) is 23.4 Å². The summed E-state index contributed by atoms with van der Waals surface area (Å²) in [6, 6.07) is 9.60. The maximum absolute atomic E-state index is 12.2. The molecule has 0 amide bonds. The highest BCUT2D eigenvalue weighted by Crippen LogP contribution is 2.12. The smallest absolute Gasteiger partial charge is 0.240 e. The SMILES string of the molecule is CC(=NN=C(N)N)c1ccc(S(=O)(=O)NCc2ccco2)cc1.Cl. The highest BCUT2D eigenvalue weighted by atomic mass is 35.5. The van der Waals surface area contributed by atoms with Crippen molar-refractivity contribution in [1.29, 1.82) is 0 Å². The maximum Gasteiger partial charge on any atom is 0.240 e. The normalized spacial score (nSPS) is 11.6. The van der Waals surface area contributed by atoms with Gasteiger partial charge in [0.1, 0.15) is 5.76 Å². The second kappa shape index (κ2) is 8.48. The molecule has 24 heavy (non-hydrogen) atoms. The Morgan fingerprint density at radius 3 is 2.38 bits per heavy atom. The van der Waals surface area contributed by atoms with Gasteiger partial charge in [0, 0.05) is 0 Å². The highest BCUT2D eigenvalue weighted by molar-refractivity contribution is 7.89. The van der Waals surface area contributed by atoms with Crippen LogP contribution in [0.2, 0.25) is 0 Å². The van der Waals surface area contributed by atoms with Crippen LogP contribution in [0.4, 0.5) is 0 Å². The summed E-state index contributed by atoms with van der Waals surface area (Å²) in [5.74, 6) is 0.385. The van der Waals surface area contributed by atoms with Crippen LogP contribution in [-0.4, -0.2) is 20.1 Å². The summed E-state index contributed by atoms with van der Waals surface area (Å²) >= 11 is 0. The minimum atomic E-state index is -3.62. The average molecular weight is 372 g/mol. The van der Waals surface area contributed by atoms with E-state index in [0.29, 0.717) is 17.0 Å². The molecule has 0 spiro atoms. The van der Waals surface area contributed by atoms with Crippen LogP contribution in [0.25, 0.3) is 0 Å². The van der Waals surface area contributed by atoms with Gasteiger partial charge in [0.2, 0.25) is 16.0 Å². The average Bonchev–Trinajstić information content (AvgIpc) is 3.04. The molecule has 1 heterocycles. The summed E-state index contributed by atoms with van der Waals surface area (Å²) in [5, 5.41) is 7.38. The Morgan fingerprint density at radius 1 is 1.17 bits per heavy atom. The lowest BCUT2D eigenvalue weighted by molar-refractivity contribution is 0.498. The Balaban J connectivity index is 0.00000288. The fourth-order valence-electron chi connectivity index (χ4n) is 1.73. The van der Waals surface area contributed by atoms with Gasteiger partial charge in [0.25, 0.3) is 0 Å². The van der Waals surface area contributed by atoms with E-state index in [9.17, 15) is 8.42 Å². The Morgan fingerprint density at radius 2 is 1.83 bits per heavy atom. The molecule has 0 aliphatic heterocycles. The summed E-state index contributed by atoms with van der Waals surface area (Å²) < 4.78 is 31.9. The first kappa shape index (κ1) is 19.7. The number of sulfonamides is 1. The third-order valence-electron chi connectivity index (χ3n) is 2.91. The van der Waals surface area contributed by atoms with Crippen molar-refractivity contribution in [2.75, 3.05) is 0 Å². The van der Waals surface area contributed by atoms with E-state index in [1.165, 1.54) is 18.4 Å². The molecule has 0 atom stereocenters. The molecule has 0 radical (unpaired) electrons. The Kier molecular flexibility index (Phi) is 6.96. The third-order valence-corrected chi connectivity index (χ3v) is 4.33. The van der Waals surface area contributed by atoms with Crippen molar-refractivity contribution in [2.24, 2.45) is 21.7 Å². The number of hydrogen-bond donors (Lipinski definition) is 3. The molecule has 5 N–H and O–H groups in total. The van der Waals surface area contributed by atoms with Gasteiger partial charge in [-0.15, -0.1) is 17.5 Å². The molecule has 130 valence electrons. The lowest BCUT2D eigenvalue weighted by Crippen LogP contribution is -2.23. The highest BCUT2D eigenvalue weighted by Gasteiger charge is 2.14. The van der Waals surface area contributed by atoms with Crippen molar-refractivity contribution in [3.63, 3.8) is 0 Å². The van der Waals surface area contributed by atoms with Gasteiger partial charge in [-0.3, -0.25) is 0 Å². The molecular weight excluding hydrogens is 354 g/mol. The van der Waals surface area contributed by atoms with E-state index in [1.54, 1.807) is 31.2 Å². The summed E-state index contributed by atoms with van der Waals surface area (Å²) in [4.78, 5) is 0.141. The first-order valence-corrected chi connectivity index (χ1v) is 8.12. The van der Waals surface area contributed by atoms with Gasteiger partial charge in [-0.1, -0.05) is 12.1 Å². The molecule has 0 aliphatic carbocycles. The lowest BCUT2D eigenvalue weighted by atomic mass is 10.1. The van der Waals surface area contributed by atoms with Crippen LogP contribution < -0.4 is 16.2 Å². The molecule has 0 fully saturated rings. The van der Waals surface area contributed by atoms with E-state index < -0.39 is 10.0 Å². The number of rotatable bonds is 6. The van der Waals surface area contributed by atoms with E-state index in [-0.39, 0.29) is 29.8 Å². The predicted octanol–water partition coefficient (Wildman–Crippen LogP) is 1.18. The minimum Gasteiger partial charge on any atom is -0.468 e. The van der Waals surface area contributed by atoms with E-state index >= 15 is 0 Å². The lowest BCUT2D eigenvalue weighted by Gasteiger charge is -2.06. The molecule has 10 heteroatoms. The molecule has 2 aromatic rings. The zero-order chi connectivity index (χ0) is 16.9. The van der Waals surface area contributed by atoms with Gasteiger partial charge < -0.3 is 15.9 Å². The van der Waals surface area contributed by atoms with E-state index in [2.05, 4.69) is 14.9 Å². The van der Waals surface area contributed by atoms with Gasteiger partial charge in [-0.05, 0) is 36.8 Å². The van der Waals surface area contributed by atoms with E-state index in [0.717, 1.165) is 0 Å². The molecule has 0 bridgehead atoms. The second-order valence-electron chi connectivity index (χ2n) is 4.64. The third kappa shape index (κ3) is 5.37. The fourth-order valence-corrected chi connectivity index (χ4v) is 2.72. The summed E-state index contributed by atoms with van der Waals surface area (Å²) in [6.45, 7) is 1.80. The van der Waals surface area contributed by atoms with Crippen molar-refractivity contribution in [1.82, 2.24) is 4.72 Å². The number of furan rings is 1. The van der Waals surface area contributed by atoms with Crippen LogP contribution in [0, 0.1) is 0 Å². The maximum atomic E-state index is 12.2. The van der Waals surface area contributed by atoms with Gasteiger partial charge in [0.15, 0.2) is 0 Å². The molecule has 0 saturated carbocycles. The number of nitrogens with zero attached hydrogens (tertiary/aromatic N) is 2. The zero-order valence-corrected chi connectivity index (χ0v) is 14.5. The fraction of sp³-hybridized carbons (Fsp3) is 0.143. The Labute approximate surface area is 146 Å².